The van der Waals surface area contributed by atoms with Gasteiger partial charge in [0.2, 0.25) is 0 Å². The molecule has 0 aliphatic carbocycles. The third-order valence-electron chi connectivity index (χ3n) is 3.54. The van der Waals surface area contributed by atoms with Gasteiger partial charge in [-0.25, -0.2) is 4.79 Å². The van der Waals surface area contributed by atoms with E-state index in [1.807, 2.05) is 19.0 Å². The molecule has 0 atom stereocenters. The summed E-state index contributed by atoms with van der Waals surface area (Å²) < 4.78 is 1.62. The van der Waals surface area contributed by atoms with Gasteiger partial charge in [-0.2, -0.15) is 5.10 Å². The second kappa shape index (κ2) is 5.60. The number of carboxylic acid groups (broad SMARTS) is 1. The number of nitrogens with zero attached hydrogens (tertiary/aromatic N) is 3. The van der Waals surface area contributed by atoms with Gasteiger partial charge < -0.3 is 10.0 Å². The van der Waals surface area contributed by atoms with Crippen LogP contribution >= 0.6 is 0 Å². The van der Waals surface area contributed by atoms with Crippen LogP contribution in [0, 0.1) is 0 Å². The van der Waals surface area contributed by atoms with Crippen LogP contribution in [0.15, 0.2) is 24.3 Å². The van der Waals surface area contributed by atoms with Crippen LogP contribution in [0.1, 0.15) is 35.8 Å². The van der Waals surface area contributed by atoms with Gasteiger partial charge in [-0.15, -0.1) is 0 Å². The maximum Gasteiger partial charge on any atom is 0.356 e. The van der Waals surface area contributed by atoms with Crippen molar-refractivity contribution >= 4 is 11.7 Å². The van der Waals surface area contributed by atoms with Crippen molar-refractivity contribution in [1.82, 2.24) is 9.78 Å². The molecule has 0 amide bonds. The molecule has 21 heavy (non-hydrogen) atoms. The van der Waals surface area contributed by atoms with Crippen molar-refractivity contribution in [3.05, 3.63) is 35.5 Å². The zero-order valence-corrected chi connectivity index (χ0v) is 13.1. The molecular weight excluding hydrogens is 266 g/mol. The molecule has 0 unspecified atom stereocenters. The number of aromatic carboxylic acids is 1. The molecule has 1 heterocycles. The van der Waals surface area contributed by atoms with Crippen LogP contribution in [0.5, 0.6) is 0 Å². The number of carbonyl (C=O) groups is 1. The number of anilines is 1. The van der Waals surface area contributed by atoms with Gasteiger partial charge in [0, 0.05) is 32.4 Å². The molecule has 2 rings (SSSR count). The SMILES string of the molecule is CC(C)c1ccc(N(C)C)c(-c2cc(C(=O)O)nn2C)c1. The van der Waals surface area contributed by atoms with Gasteiger partial charge in [0.1, 0.15) is 0 Å². The highest BCUT2D eigenvalue weighted by Gasteiger charge is 2.17. The standard InChI is InChI=1S/C16H21N3O2/c1-10(2)11-6-7-14(18(3)4)12(8-11)15-9-13(16(20)21)17-19(15)5/h6-10H,1-5H3,(H,20,21). The van der Waals surface area contributed by atoms with Gasteiger partial charge in [-0.05, 0) is 29.7 Å². The monoisotopic (exact) mass is 287 g/mol. The van der Waals surface area contributed by atoms with E-state index in [1.165, 1.54) is 5.56 Å². The van der Waals surface area contributed by atoms with Crippen LogP contribution in [-0.2, 0) is 7.05 Å². The van der Waals surface area contributed by atoms with Crippen molar-refractivity contribution in [2.45, 2.75) is 19.8 Å². The quantitative estimate of drug-likeness (QED) is 0.939. The van der Waals surface area contributed by atoms with E-state index >= 15 is 0 Å². The van der Waals surface area contributed by atoms with Gasteiger partial charge in [0.15, 0.2) is 5.69 Å². The smallest absolute Gasteiger partial charge is 0.356 e. The van der Waals surface area contributed by atoms with Gasteiger partial charge in [-0.1, -0.05) is 19.9 Å². The molecule has 5 nitrogen and oxygen atoms in total. The summed E-state index contributed by atoms with van der Waals surface area (Å²) in [5, 5.41) is 13.2. The first-order chi connectivity index (χ1) is 9.81. The summed E-state index contributed by atoms with van der Waals surface area (Å²) in [6, 6.07) is 7.91. The number of carboxylic acids is 1. The zero-order chi connectivity index (χ0) is 15.7. The highest BCUT2D eigenvalue weighted by Crippen LogP contribution is 2.33. The Morgan fingerprint density at radius 3 is 2.43 bits per heavy atom. The molecule has 112 valence electrons. The first kappa shape index (κ1) is 15.1. The average Bonchev–Trinajstić information content (AvgIpc) is 2.80. The molecule has 1 aromatic carbocycles. The molecule has 0 fully saturated rings. The van der Waals surface area contributed by atoms with Gasteiger partial charge in [-0.3, -0.25) is 4.68 Å². The molecule has 1 N–H and O–H groups in total. The summed E-state index contributed by atoms with van der Waals surface area (Å²) in [5.41, 5.74) is 4.12. The fraction of sp³-hybridized carbons (Fsp3) is 0.375. The fourth-order valence-corrected chi connectivity index (χ4v) is 2.33. The molecule has 1 aromatic heterocycles. The average molecular weight is 287 g/mol. The largest absolute Gasteiger partial charge is 0.476 e. The Labute approximate surface area is 124 Å². The minimum atomic E-state index is -1.01. The Bertz CT molecular complexity index is 672. The predicted molar refractivity (Wildman–Crippen MR) is 84.0 cm³/mol. The number of aromatic nitrogens is 2. The van der Waals surface area contributed by atoms with Crippen LogP contribution in [0.4, 0.5) is 5.69 Å². The van der Waals surface area contributed by atoms with E-state index in [0.717, 1.165) is 16.9 Å². The molecule has 0 radical (unpaired) electrons. The van der Waals surface area contributed by atoms with Gasteiger partial charge >= 0.3 is 5.97 Å². The molecule has 2 aromatic rings. The first-order valence-electron chi connectivity index (χ1n) is 6.90. The van der Waals surface area contributed by atoms with E-state index in [4.69, 9.17) is 5.11 Å². The van der Waals surface area contributed by atoms with E-state index in [2.05, 4.69) is 37.1 Å². The van der Waals surface area contributed by atoms with E-state index in [9.17, 15) is 4.79 Å². The van der Waals surface area contributed by atoms with Crippen LogP contribution in [0.25, 0.3) is 11.3 Å². The van der Waals surface area contributed by atoms with E-state index in [1.54, 1.807) is 17.8 Å². The van der Waals surface area contributed by atoms with Gasteiger partial charge in [0.25, 0.3) is 0 Å². The highest BCUT2D eigenvalue weighted by atomic mass is 16.4. The lowest BCUT2D eigenvalue weighted by Crippen LogP contribution is -2.11. The number of benzene rings is 1. The fourth-order valence-electron chi connectivity index (χ4n) is 2.33. The lowest BCUT2D eigenvalue weighted by atomic mass is 9.97. The third kappa shape index (κ3) is 2.91. The molecule has 0 aliphatic heterocycles. The van der Waals surface area contributed by atoms with E-state index < -0.39 is 5.97 Å². The Balaban J connectivity index is 2.65. The summed E-state index contributed by atoms with van der Waals surface area (Å²) in [5.74, 6) is -0.601. The normalized spacial score (nSPS) is 11.0. The number of rotatable bonds is 4. The minimum Gasteiger partial charge on any atom is -0.476 e. The maximum absolute atomic E-state index is 11.1. The van der Waals surface area contributed by atoms with Crippen molar-refractivity contribution in [3.63, 3.8) is 0 Å². The summed E-state index contributed by atoms with van der Waals surface area (Å²) in [6.45, 7) is 4.28. The first-order valence-corrected chi connectivity index (χ1v) is 6.90. The highest BCUT2D eigenvalue weighted by molar-refractivity contribution is 5.88. The summed E-state index contributed by atoms with van der Waals surface area (Å²) in [4.78, 5) is 13.1. The second-order valence-corrected chi connectivity index (χ2v) is 5.67. The molecule has 0 aliphatic rings. The summed E-state index contributed by atoms with van der Waals surface area (Å²) >= 11 is 0. The van der Waals surface area contributed by atoms with Crippen LogP contribution < -0.4 is 4.90 Å². The zero-order valence-electron chi connectivity index (χ0n) is 13.1. The molecular formula is C16H21N3O2. The summed E-state index contributed by atoms with van der Waals surface area (Å²) in [7, 11) is 5.72. The Morgan fingerprint density at radius 2 is 1.95 bits per heavy atom. The van der Waals surface area contributed by atoms with Crippen LogP contribution in [0.3, 0.4) is 0 Å². The van der Waals surface area contributed by atoms with Crippen molar-refractivity contribution in [2.75, 3.05) is 19.0 Å². The number of aryl methyl sites for hydroxylation is 1. The molecule has 0 bridgehead atoms. The molecule has 5 heteroatoms. The Morgan fingerprint density at radius 1 is 1.29 bits per heavy atom. The lowest BCUT2D eigenvalue weighted by molar-refractivity contribution is 0.0689. The van der Waals surface area contributed by atoms with Crippen LogP contribution in [-0.4, -0.2) is 35.0 Å². The third-order valence-corrected chi connectivity index (χ3v) is 3.54. The predicted octanol–water partition coefficient (Wildman–Crippen LogP) is 2.97. The van der Waals surface area contributed by atoms with Crippen molar-refractivity contribution in [1.29, 1.82) is 0 Å². The Kier molecular flexibility index (Phi) is 4.02. The van der Waals surface area contributed by atoms with Crippen molar-refractivity contribution in [3.8, 4) is 11.3 Å². The lowest BCUT2D eigenvalue weighted by Gasteiger charge is -2.19. The van der Waals surface area contributed by atoms with Gasteiger partial charge in [0.05, 0.1) is 5.69 Å². The van der Waals surface area contributed by atoms with Crippen molar-refractivity contribution < 1.29 is 9.90 Å². The minimum absolute atomic E-state index is 0.0622. The molecule has 0 spiro atoms. The molecule has 0 saturated carbocycles. The number of hydrogen-bond donors (Lipinski definition) is 1. The van der Waals surface area contributed by atoms with Crippen molar-refractivity contribution in [2.24, 2.45) is 7.05 Å². The topological polar surface area (TPSA) is 58.4 Å². The summed E-state index contributed by atoms with van der Waals surface area (Å²) in [6.07, 6.45) is 0. The van der Waals surface area contributed by atoms with Crippen LogP contribution in [0.2, 0.25) is 0 Å². The molecule has 0 saturated heterocycles. The number of hydrogen-bond acceptors (Lipinski definition) is 3. The second-order valence-electron chi connectivity index (χ2n) is 5.67. The Hall–Kier alpha value is -2.30. The van der Waals surface area contributed by atoms with E-state index in [-0.39, 0.29) is 5.69 Å². The maximum atomic E-state index is 11.1. The van der Waals surface area contributed by atoms with E-state index in [0.29, 0.717) is 5.92 Å².